The highest BCUT2D eigenvalue weighted by atomic mass is 14.2. The number of unbranched alkanes of at least 4 members (excludes halogenated alkanes) is 3. The molecule has 1 aromatic rings. The summed E-state index contributed by atoms with van der Waals surface area (Å²) in [7, 11) is 0. The molecule has 2 rings (SSSR count). The van der Waals surface area contributed by atoms with E-state index in [1.165, 1.54) is 76.2 Å². The van der Waals surface area contributed by atoms with Crippen molar-refractivity contribution in [1.29, 1.82) is 0 Å². The summed E-state index contributed by atoms with van der Waals surface area (Å²) in [6.07, 6.45) is 18.3. The van der Waals surface area contributed by atoms with Crippen molar-refractivity contribution in [3.63, 3.8) is 0 Å². The van der Waals surface area contributed by atoms with Gasteiger partial charge in [-0.15, -0.1) is 0 Å². The quantitative estimate of drug-likeness (QED) is 0.353. The van der Waals surface area contributed by atoms with Crippen LogP contribution in [0.4, 0.5) is 0 Å². The van der Waals surface area contributed by atoms with Gasteiger partial charge in [-0.05, 0) is 74.3 Å². The third-order valence-corrected chi connectivity index (χ3v) is 5.57. The molecule has 1 aliphatic carbocycles. The van der Waals surface area contributed by atoms with E-state index >= 15 is 0 Å². The van der Waals surface area contributed by atoms with E-state index in [0.717, 1.165) is 11.5 Å². The molecule has 0 radical (unpaired) electrons. The molecule has 0 saturated heterocycles. The smallest absolute Gasteiger partial charge is 0.0249 e. The first-order valence-electron chi connectivity index (χ1n) is 11.1. The lowest BCUT2D eigenvalue weighted by Crippen LogP contribution is -2.12. The Morgan fingerprint density at radius 3 is 2.30 bits per heavy atom. The van der Waals surface area contributed by atoms with Crippen LogP contribution < -0.4 is 0 Å². The van der Waals surface area contributed by atoms with Gasteiger partial charge < -0.3 is 0 Å². The van der Waals surface area contributed by atoms with E-state index in [1.807, 2.05) is 12.2 Å². The molecule has 27 heavy (non-hydrogen) atoms. The van der Waals surface area contributed by atoms with Gasteiger partial charge in [0.25, 0.3) is 0 Å². The molecule has 1 aliphatic rings. The van der Waals surface area contributed by atoms with E-state index in [9.17, 15) is 0 Å². The fourth-order valence-electron chi connectivity index (χ4n) is 3.89. The normalized spacial score (nSPS) is 19.2. The van der Waals surface area contributed by atoms with Gasteiger partial charge in [0, 0.05) is 11.5 Å². The Labute approximate surface area is 167 Å². The largest absolute Gasteiger partial charge is 0.0951 e. The molecule has 0 N–H and O–H groups in total. The van der Waals surface area contributed by atoms with Crippen molar-refractivity contribution in [2.75, 3.05) is 0 Å². The first-order valence-corrected chi connectivity index (χ1v) is 11.1. The summed E-state index contributed by atoms with van der Waals surface area (Å²) in [5.74, 6) is 14.5. The second kappa shape index (κ2) is 13.3. The molecular weight excluding hydrogens is 324 g/mol. The van der Waals surface area contributed by atoms with E-state index in [0.29, 0.717) is 5.92 Å². The molecule has 0 bridgehead atoms. The van der Waals surface area contributed by atoms with Crippen LogP contribution in [0, 0.1) is 35.5 Å². The summed E-state index contributed by atoms with van der Waals surface area (Å²) in [5.41, 5.74) is 2.51. The summed E-state index contributed by atoms with van der Waals surface area (Å²) in [6.45, 7) is 4.55. The van der Waals surface area contributed by atoms with Crippen LogP contribution in [-0.2, 0) is 6.42 Å². The standard InChI is InChI=1S/C27H36/c1-3-5-6-9-13-25-20-22-27(23-21-25)15-11-8-7-10-14-26-18-16-24(12-4-2)17-19-26/h7-8,20-24,26H,3-6,9,12-13,16-19H2,1-2H3. The molecule has 0 atom stereocenters. The van der Waals surface area contributed by atoms with Gasteiger partial charge in [0.15, 0.2) is 0 Å². The van der Waals surface area contributed by atoms with Crippen molar-refractivity contribution in [3.8, 4) is 23.7 Å². The predicted molar refractivity (Wildman–Crippen MR) is 118 cm³/mol. The van der Waals surface area contributed by atoms with Gasteiger partial charge in [-0.2, -0.15) is 0 Å². The van der Waals surface area contributed by atoms with Crippen molar-refractivity contribution in [2.24, 2.45) is 11.8 Å². The highest BCUT2D eigenvalue weighted by molar-refractivity contribution is 5.39. The zero-order valence-corrected chi connectivity index (χ0v) is 17.4. The summed E-state index contributed by atoms with van der Waals surface area (Å²) < 4.78 is 0. The molecule has 0 heterocycles. The topological polar surface area (TPSA) is 0 Å². The predicted octanol–water partition coefficient (Wildman–Crippen LogP) is 7.33. The van der Waals surface area contributed by atoms with Crippen LogP contribution in [0.25, 0.3) is 0 Å². The Morgan fingerprint density at radius 2 is 1.59 bits per heavy atom. The Balaban J connectivity index is 1.70. The van der Waals surface area contributed by atoms with Crippen molar-refractivity contribution in [1.82, 2.24) is 0 Å². The first kappa shape index (κ1) is 21.4. The molecule has 0 unspecified atom stereocenters. The Kier molecular flexibility index (Phi) is 10.5. The minimum atomic E-state index is 0.598. The van der Waals surface area contributed by atoms with Crippen LogP contribution in [0.1, 0.15) is 89.2 Å². The molecule has 0 nitrogen and oxygen atoms in total. The van der Waals surface area contributed by atoms with Gasteiger partial charge in [-0.1, -0.05) is 81.8 Å². The second-order valence-electron chi connectivity index (χ2n) is 7.91. The minimum Gasteiger partial charge on any atom is -0.0951 e. The number of allylic oxidation sites excluding steroid dienone is 2. The lowest BCUT2D eigenvalue weighted by molar-refractivity contribution is 0.300. The van der Waals surface area contributed by atoms with Crippen molar-refractivity contribution in [2.45, 2.75) is 84.5 Å². The molecule has 0 aliphatic heterocycles. The number of hydrogen-bond donors (Lipinski definition) is 0. The number of benzene rings is 1. The molecule has 1 aromatic carbocycles. The Bertz CT molecular complexity index is 661. The average molecular weight is 361 g/mol. The summed E-state index contributed by atoms with van der Waals surface area (Å²) in [5, 5.41) is 0. The number of rotatable bonds is 7. The van der Waals surface area contributed by atoms with Crippen LogP contribution in [0.3, 0.4) is 0 Å². The van der Waals surface area contributed by atoms with E-state index in [4.69, 9.17) is 0 Å². The maximum absolute atomic E-state index is 3.41. The molecule has 1 fully saturated rings. The fourth-order valence-corrected chi connectivity index (χ4v) is 3.89. The molecule has 1 saturated carbocycles. The lowest BCUT2D eigenvalue weighted by atomic mass is 9.80. The maximum atomic E-state index is 3.41. The second-order valence-corrected chi connectivity index (χ2v) is 7.91. The maximum Gasteiger partial charge on any atom is 0.0249 e. The van der Waals surface area contributed by atoms with Crippen LogP contribution >= 0.6 is 0 Å². The number of hydrogen-bond acceptors (Lipinski definition) is 0. The lowest BCUT2D eigenvalue weighted by Gasteiger charge is -2.25. The van der Waals surface area contributed by atoms with E-state index in [2.05, 4.69) is 61.8 Å². The highest BCUT2D eigenvalue weighted by Gasteiger charge is 2.18. The molecular formula is C27H36. The minimum absolute atomic E-state index is 0.598. The first-order chi connectivity index (χ1) is 13.3. The Hall–Kier alpha value is -1.92. The van der Waals surface area contributed by atoms with E-state index in [-0.39, 0.29) is 0 Å². The SMILES string of the molecule is CCCCCCc1ccc(C#CC=CC#CC2CCC(CCC)CC2)cc1. The van der Waals surface area contributed by atoms with E-state index in [1.54, 1.807) is 0 Å². The Morgan fingerprint density at radius 1 is 0.852 bits per heavy atom. The van der Waals surface area contributed by atoms with Crippen molar-refractivity contribution in [3.05, 3.63) is 47.5 Å². The van der Waals surface area contributed by atoms with Crippen LogP contribution in [0.15, 0.2) is 36.4 Å². The summed E-state index contributed by atoms with van der Waals surface area (Å²) in [6, 6.07) is 8.70. The number of aryl methyl sites for hydroxylation is 1. The van der Waals surface area contributed by atoms with Crippen molar-refractivity contribution >= 4 is 0 Å². The van der Waals surface area contributed by atoms with Gasteiger partial charge >= 0.3 is 0 Å². The van der Waals surface area contributed by atoms with Crippen LogP contribution in [0.5, 0.6) is 0 Å². The van der Waals surface area contributed by atoms with Gasteiger partial charge in [0.1, 0.15) is 0 Å². The average Bonchev–Trinajstić information content (AvgIpc) is 2.70. The van der Waals surface area contributed by atoms with Crippen molar-refractivity contribution < 1.29 is 0 Å². The molecule has 0 heteroatoms. The van der Waals surface area contributed by atoms with E-state index < -0.39 is 0 Å². The third-order valence-electron chi connectivity index (χ3n) is 5.57. The van der Waals surface area contributed by atoms with Crippen LogP contribution in [-0.4, -0.2) is 0 Å². The molecule has 0 amide bonds. The van der Waals surface area contributed by atoms with Gasteiger partial charge in [0.2, 0.25) is 0 Å². The molecule has 0 aromatic heterocycles. The zero-order chi connectivity index (χ0) is 19.2. The monoisotopic (exact) mass is 360 g/mol. The molecule has 0 spiro atoms. The zero-order valence-electron chi connectivity index (χ0n) is 17.4. The highest BCUT2D eigenvalue weighted by Crippen LogP contribution is 2.30. The summed E-state index contributed by atoms with van der Waals surface area (Å²) >= 11 is 0. The third kappa shape index (κ3) is 9.02. The van der Waals surface area contributed by atoms with Gasteiger partial charge in [0.05, 0.1) is 0 Å². The molecule has 144 valence electrons. The van der Waals surface area contributed by atoms with Gasteiger partial charge in [-0.3, -0.25) is 0 Å². The summed E-state index contributed by atoms with van der Waals surface area (Å²) in [4.78, 5) is 0. The van der Waals surface area contributed by atoms with Gasteiger partial charge in [-0.25, -0.2) is 0 Å². The van der Waals surface area contributed by atoms with Crippen LogP contribution in [0.2, 0.25) is 0 Å². The fraction of sp³-hybridized carbons (Fsp3) is 0.556.